The summed E-state index contributed by atoms with van der Waals surface area (Å²) in [6.07, 6.45) is 1.96. The lowest BCUT2D eigenvalue weighted by atomic mass is 10.2. The smallest absolute Gasteiger partial charge is 0.241 e. The number of benzene rings is 1. The van der Waals surface area contributed by atoms with Crippen molar-refractivity contribution in [2.24, 2.45) is 0 Å². The van der Waals surface area contributed by atoms with Gasteiger partial charge in [-0.25, -0.2) is 13.1 Å². The van der Waals surface area contributed by atoms with Crippen LogP contribution in [0, 0.1) is 0 Å². The van der Waals surface area contributed by atoms with E-state index in [1.54, 1.807) is 23.9 Å². The molecule has 1 aromatic rings. The summed E-state index contributed by atoms with van der Waals surface area (Å²) in [5.74, 6) is 0.744. The maximum Gasteiger partial charge on any atom is 0.241 e. The Kier molecular flexibility index (Phi) is 7.53. The minimum atomic E-state index is -3.50. The van der Waals surface area contributed by atoms with Crippen LogP contribution in [0.2, 0.25) is 0 Å². The largest absolute Gasteiger partial charge is 0.313 e. The van der Waals surface area contributed by atoms with E-state index in [2.05, 4.69) is 26.0 Å². The molecule has 0 heterocycles. The molecular formula is C13H21BrN2O2S2. The average Bonchev–Trinajstić information content (AvgIpc) is 2.37. The predicted molar refractivity (Wildman–Crippen MR) is 89.7 cm³/mol. The maximum atomic E-state index is 12.4. The molecule has 0 saturated carbocycles. The Morgan fingerprint density at radius 3 is 2.70 bits per heavy atom. The van der Waals surface area contributed by atoms with Crippen LogP contribution in [0.3, 0.4) is 0 Å². The van der Waals surface area contributed by atoms with E-state index in [-0.39, 0.29) is 6.04 Å². The molecule has 0 bridgehead atoms. The van der Waals surface area contributed by atoms with Gasteiger partial charge >= 0.3 is 0 Å². The van der Waals surface area contributed by atoms with Crippen molar-refractivity contribution >= 4 is 37.7 Å². The van der Waals surface area contributed by atoms with Crippen LogP contribution < -0.4 is 10.0 Å². The summed E-state index contributed by atoms with van der Waals surface area (Å²) in [5, 5.41) is 3.19. The quantitative estimate of drug-likeness (QED) is 0.727. The molecule has 0 amide bonds. The molecule has 0 fully saturated rings. The normalized spacial score (nSPS) is 13.4. The molecule has 2 N–H and O–H groups in total. The van der Waals surface area contributed by atoms with Crippen LogP contribution in [0.25, 0.3) is 0 Å². The van der Waals surface area contributed by atoms with Crippen molar-refractivity contribution in [2.45, 2.75) is 31.3 Å². The van der Waals surface area contributed by atoms with E-state index < -0.39 is 10.0 Å². The van der Waals surface area contributed by atoms with E-state index in [0.717, 1.165) is 17.9 Å². The van der Waals surface area contributed by atoms with Gasteiger partial charge in [-0.2, -0.15) is 11.8 Å². The van der Waals surface area contributed by atoms with Gasteiger partial charge < -0.3 is 5.32 Å². The van der Waals surface area contributed by atoms with Crippen molar-refractivity contribution in [3.8, 4) is 0 Å². The Morgan fingerprint density at radius 2 is 2.10 bits per heavy atom. The lowest BCUT2D eigenvalue weighted by Gasteiger charge is -2.15. The Balaban J connectivity index is 2.98. The summed E-state index contributed by atoms with van der Waals surface area (Å²) >= 11 is 4.93. The number of hydrogen-bond donors (Lipinski definition) is 2. The SMILES string of the molecule is CCNCc1ccc(Br)c(S(=O)(=O)NC(C)CSC)c1. The molecule has 1 atom stereocenters. The number of halogens is 1. The summed E-state index contributed by atoms with van der Waals surface area (Å²) < 4.78 is 28.1. The molecule has 0 saturated heterocycles. The van der Waals surface area contributed by atoms with E-state index >= 15 is 0 Å². The molecule has 1 unspecified atom stereocenters. The fraction of sp³-hybridized carbons (Fsp3) is 0.538. The van der Waals surface area contributed by atoms with E-state index in [1.165, 1.54) is 0 Å². The van der Waals surface area contributed by atoms with Gasteiger partial charge in [-0.05, 0) is 53.4 Å². The van der Waals surface area contributed by atoms with Crippen molar-refractivity contribution in [3.63, 3.8) is 0 Å². The van der Waals surface area contributed by atoms with Gasteiger partial charge in [0.25, 0.3) is 0 Å². The van der Waals surface area contributed by atoms with Gasteiger partial charge in [-0.3, -0.25) is 0 Å². The van der Waals surface area contributed by atoms with E-state index in [9.17, 15) is 8.42 Å². The Hall–Kier alpha value is -0.0800. The van der Waals surface area contributed by atoms with Crippen LogP contribution in [0.4, 0.5) is 0 Å². The molecular weight excluding hydrogens is 360 g/mol. The van der Waals surface area contributed by atoms with Crippen LogP contribution in [-0.2, 0) is 16.6 Å². The highest BCUT2D eigenvalue weighted by Crippen LogP contribution is 2.23. The molecule has 0 aromatic heterocycles. The Morgan fingerprint density at radius 1 is 1.40 bits per heavy atom. The van der Waals surface area contributed by atoms with Crippen LogP contribution >= 0.6 is 27.7 Å². The minimum absolute atomic E-state index is 0.0978. The van der Waals surface area contributed by atoms with Gasteiger partial charge in [0.15, 0.2) is 0 Å². The standard InChI is InChI=1S/C13H21BrN2O2S2/c1-4-15-8-11-5-6-12(14)13(7-11)20(17,18)16-10(2)9-19-3/h5-7,10,15-16H,4,8-9H2,1-3H3. The molecule has 0 aliphatic rings. The topological polar surface area (TPSA) is 58.2 Å². The van der Waals surface area contributed by atoms with Crippen LogP contribution in [0.15, 0.2) is 27.6 Å². The molecule has 1 rings (SSSR count). The summed E-state index contributed by atoms with van der Waals surface area (Å²) in [7, 11) is -3.50. The molecule has 114 valence electrons. The monoisotopic (exact) mass is 380 g/mol. The zero-order chi connectivity index (χ0) is 15.2. The van der Waals surface area contributed by atoms with Crippen molar-refractivity contribution in [1.82, 2.24) is 10.0 Å². The Bertz CT molecular complexity index is 535. The number of nitrogens with one attached hydrogen (secondary N) is 2. The molecule has 0 spiro atoms. The molecule has 7 heteroatoms. The molecule has 0 aliphatic carbocycles. The van der Waals surface area contributed by atoms with Crippen molar-refractivity contribution in [2.75, 3.05) is 18.6 Å². The van der Waals surface area contributed by atoms with Crippen molar-refractivity contribution in [1.29, 1.82) is 0 Å². The fourth-order valence-electron chi connectivity index (χ4n) is 1.75. The van der Waals surface area contributed by atoms with Gasteiger partial charge in [-0.15, -0.1) is 0 Å². The number of rotatable bonds is 8. The van der Waals surface area contributed by atoms with E-state index in [4.69, 9.17) is 0 Å². The minimum Gasteiger partial charge on any atom is -0.313 e. The van der Waals surface area contributed by atoms with Gasteiger partial charge in [0.1, 0.15) is 0 Å². The molecule has 0 aliphatic heterocycles. The molecule has 0 radical (unpaired) electrons. The molecule has 20 heavy (non-hydrogen) atoms. The maximum absolute atomic E-state index is 12.4. The number of hydrogen-bond acceptors (Lipinski definition) is 4. The molecule has 4 nitrogen and oxygen atoms in total. The lowest BCUT2D eigenvalue weighted by Crippen LogP contribution is -2.34. The summed E-state index contributed by atoms with van der Waals surface area (Å²) in [5.41, 5.74) is 0.952. The number of sulfonamides is 1. The van der Waals surface area contributed by atoms with Crippen molar-refractivity contribution in [3.05, 3.63) is 28.2 Å². The second kappa shape index (κ2) is 8.38. The fourth-order valence-corrected chi connectivity index (χ4v) is 4.69. The first-order valence-corrected chi connectivity index (χ1v) is 10.1. The number of thioether (sulfide) groups is 1. The van der Waals surface area contributed by atoms with Crippen molar-refractivity contribution < 1.29 is 8.42 Å². The molecule has 1 aromatic carbocycles. The summed E-state index contributed by atoms with van der Waals surface area (Å²) in [6, 6.07) is 5.30. The summed E-state index contributed by atoms with van der Waals surface area (Å²) in [6.45, 7) is 5.39. The third kappa shape index (κ3) is 5.37. The van der Waals surface area contributed by atoms with Crippen LogP contribution in [0.5, 0.6) is 0 Å². The summed E-state index contributed by atoms with van der Waals surface area (Å²) in [4.78, 5) is 0.292. The van der Waals surface area contributed by atoms with Gasteiger partial charge in [0, 0.05) is 22.8 Å². The first kappa shape index (κ1) is 18.0. The second-order valence-electron chi connectivity index (χ2n) is 4.52. The first-order valence-electron chi connectivity index (χ1n) is 6.41. The van der Waals surface area contributed by atoms with Gasteiger partial charge in [0.2, 0.25) is 10.0 Å². The average molecular weight is 381 g/mol. The third-order valence-electron chi connectivity index (χ3n) is 2.64. The van der Waals surface area contributed by atoms with E-state index in [0.29, 0.717) is 15.9 Å². The van der Waals surface area contributed by atoms with E-state index in [1.807, 2.05) is 26.2 Å². The van der Waals surface area contributed by atoms with Crippen LogP contribution in [0.1, 0.15) is 19.4 Å². The second-order valence-corrected chi connectivity index (χ2v) is 7.97. The van der Waals surface area contributed by atoms with Crippen LogP contribution in [-0.4, -0.2) is 33.0 Å². The van der Waals surface area contributed by atoms with Gasteiger partial charge in [0.05, 0.1) is 4.90 Å². The first-order chi connectivity index (χ1) is 9.40. The zero-order valence-electron chi connectivity index (χ0n) is 11.9. The highest BCUT2D eigenvalue weighted by molar-refractivity contribution is 9.10. The lowest BCUT2D eigenvalue weighted by molar-refractivity contribution is 0.570. The van der Waals surface area contributed by atoms with Gasteiger partial charge in [-0.1, -0.05) is 13.0 Å². The predicted octanol–water partition coefficient (Wildman–Crippen LogP) is 2.59. The highest BCUT2D eigenvalue weighted by atomic mass is 79.9. The third-order valence-corrected chi connectivity index (χ3v) is 6.05. The zero-order valence-corrected chi connectivity index (χ0v) is 15.2. The Labute approximate surface area is 134 Å². The highest BCUT2D eigenvalue weighted by Gasteiger charge is 2.20.